The third-order valence-corrected chi connectivity index (χ3v) is 1.27. The summed E-state index contributed by atoms with van der Waals surface area (Å²) in [6.07, 6.45) is 7.38. The van der Waals surface area contributed by atoms with Crippen LogP contribution in [-0.2, 0) is 4.74 Å². The zero-order chi connectivity index (χ0) is 7.40. The monoisotopic (exact) mass is 140 g/mol. The van der Waals surface area contributed by atoms with E-state index in [1.165, 1.54) is 13.2 Å². The molecule has 0 aliphatic heterocycles. The van der Waals surface area contributed by atoms with Crippen molar-refractivity contribution in [1.82, 2.24) is 0 Å². The highest BCUT2D eigenvalue weighted by Crippen LogP contribution is 2.15. The van der Waals surface area contributed by atoms with Gasteiger partial charge in [-0.15, -0.1) is 0 Å². The highest BCUT2D eigenvalue weighted by molar-refractivity contribution is 5.27. The minimum absolute atomic E-state index is 0.285. The molecule has 54 valence electrons. The predicted molar refractivity (Wildman–Crippen MR) is 38.0 cm³/mol. The Hall–Kier alpha value is -1.05. The van der Waals surface area contributed by atoms with Crippen molar-refractivity contribution in [2.75, 3.05) is 7.11 Å². The molecule has 0 heterocycles. The summed E-state index contributed by atoms with van der Waals surface area (Å²) in [5, 5.41) is 0. The van der Waals surface area contributed by atoms with Gasteiger partial charge in [0.2, 0.25) is 0 Å². The number of ether oxygens (including phenoxy) is 1. The van der Waals surface area contributed by atoms with E-state index in [2.05, 4.69) is 0 Å². The van der Waals surface area contributed by atoms with Crippen LogP contribution in [0.15, 0.2) is 35.9 Å². The van der Waals surface area contributed by atoms with E-state index in [-0.39, 0.29) is 5.83 Å². The Morgan fingerprint density at radius 1 is 1.60 bits per heavy atom. The molecule has 0 aromatic heterocycles. The molecule has 0 bridgehead atoms. The van der Waals surface area contributed by atoms with Crippen LogP contribution in [0.3, 0.4) is 0 Å². The first kappa shape index (κ1) is 7.06. The topological polar surface area (TPSA) is 9.23 Å². The lowest BCUT2D eigenvalue weighted by atomic mass is 10.3. The highest BCUT2D eigenvalue weighted by atomic mass is 19.1. The van der Waals surface area contributed by atoms with Gasteiger partial charge in [-0.25, -0.2) is 4.39 Å². The van der Waals surface area contributed by atoms with E-state index in [4.69, 9.17) is 4.74 Å². The molecule has 0 aromatic carbocycles. The molecule has 0 spiro atoms. The van der Waals surface area contributed by atoms with E-state index in [0.29, 0.717) is 12.2 Å². The van der Waals surface area contributed by atoms with Crippen molar-refractivity contribution in [3.05, 3.63) is 35.9 Å². The first-order chi connectivity index (χ1) is 4.84. The van der Waals surface area contributed by atoms with Gasteiger partial charge in [0, 0.05) is 0 Å². The smallest absolute Gasteiger partial charge is 0.161 e. The van der Waals surface area contributed by atoms with Crippen LogP contribution in [0.2, 0.25) is 0 Å². The molecule has 0 fully saturated rings. The molecule has 0 radical (unpaired) electrons. The molecule has 0 amide bonds. The van der Waals surface area contributed by atoms with Gasteiger partial charge in [-0.1, -0.05) is 12.2 Å². The van der Waals surface area contributed by atoms with Crippen molar-refractivity contribution in [1.29, 1.82) is 0 Å². The lowest BCUT2D eigenvalue weighted by molar-refractivity contribution is 0.283. The van der Waals surface area contributed by atoms with Crippen LogP contribution in [0.25, 0.3) is 0 Å². The van der Waals surface area contributed by atoms with Crippen LogP contribution >= 0.6 is 0 Å². The fourth-order valence-corrected chi connectivity index (χ4v) is 0.751. The normalized spacial score (nSPS) is 17.4. The Kier molecular flexibility index (Phi) is 2.26. The summed E-state index contributed by atoms with van der Waals surface area (Å²) >= 11 is 0. The quantitative estimate of drug-likeness (QED) is 0.543. The van der Waals surface area contributed by atoms with E-state index in [0.717, 1.165) is 0 Å². The maximum atomic E-state index is 12.7. The summed E-state index contributed by atoms with van der Waals surface area (Å²) in [5.41, 5.74) is 0. The van der Waals surface area contributed by atoms with Gasteiger partial charge in [0.1, 0.15) is 0 Å². The number of hydrogen-bond donors (Lipinski definition) is 0. The van der Waals surface area contributed by atoms with Crippen molar-refractivity contribution >= 4 is 0 Å². The molecule has 0 atom stereocenters. The number of rotatable bonds is 1. The van der Waals surface area contributed by atoms with Crippen LogP contribution in [0.1, 0.15) is 6.42 Å². The fraction of sp³-hybridized carbons (Fsp3) is 0.250. The fourth-order valence-electron chi connectivity index (χ4n) is 0.751. The Bertz CT molecular complexity index is 201. The van der Waals surface area contributed by atoms with Crippen LogP contribution in [0, 0.1) is 0 Å². The SMILES string of the molecule is COC1=CC=CCC=C1F. The first-order valence-electron chi connectivity index (χ1n) is 3.11. The molecule has 0 aromatic rings. The predicted octanol–water partition coefficient (Wildman–Crippen LogP) is 2.33. The molecule has 1 aliphatic rings. The van der Waals surface area contributed by atoms with E-state index < -0.39 is 0 Å². The Morgan fingerprint density at radius 3 is 3.10 bits per heavy atom. The highest BCUT2D eigenvalue weighted by Gasteiger charge is 2.02. The van der Waals surface area contributed by atoms with Gasteiger partial charge in [-0.3, -0.25) is 0 Å². The molecule has 1 aliphatic carbocycles. The maximum absolute atomic E-state index is 12.7. The molecule has 1 nitrogen and oxygen atoms in total. The van der Waals surface area contributed by atoms with Crippen molar-refractivity contribution in [2.45, 2.75) is 6.42 Å². The van der Waals surface area contributed by atoms with Gasteiger partial charge < -0.3 is 4.74 Å². The Morgan fingerprint density at radius 2 is 2.40 bits per heavy atom. The maximum Gasteiger partial charge on any atom is 0.161 e. The number of hydrogen-bond acceptors (Lipinski definition) is 1. The van der Waals surface area contributed by atoms with E-state index in [1.807, 2.05) is 6.08 Å². The summed E-state index contributed by atoms with van der Waals surface area (Å²) in [6, 6.07) is 0. The molecular formula is C8H9FO. The van der Waals surface area contributed by atoms with Crippen LogP contribution in [-0.4, -0.2) is 7.11 Å². The van der Waals surface area contributed by atoms with Crippen LogP contribution < -0.4 is 0 Å². The number of halogens is 1. The summed E-state index contributed by atoms with van der Waals surface area (Å²) in [4.78, 5) is 0. The Balaban J connectivity index is 2.82. The average Bonchev–Trinajstić information content (AvgIpc) is 2.13. The third-order valence-electron chi connectivity index (χ3n) is 1.27. The van der Waals surface area contributed by atoms with Crippen molar-refractivity contribution < 1.29 is 9.13 Å². The molecule has 2 heteroatoms. The summed E-state index contributed by atoms with van der Waals surface area (Å²) in [5.74, 6) is 0.0150. The zero-order valence-electron chi connectivity index (χ0n) is 5.80. The molecule has 0 unspecified atom stereocenters. The van der Waals surface area contributed by atoms with Gasteiger partial charge in [0.05, 0.1) is 7.11 Å². The minimum Gasteiger partial charge on any atom is -0.494 e. The second kappa shape index (κ2) is 3.20. The van der Waals surface area contributed by atoms with E-state index in [1.54, 1.807) is 12.2 Å². The standard InChI is InChI=1S/C8H9FO/c1-10-8-6-4-2-3-5-7(8)9/h2,4-6H,3H2,1H3. The largest absolute Gasteiger partial charge is 0.494 e. The molecule has 0 saturated heterocycles. The second-order valence-electron chi connectivity index (χ2n) is 1.95. The van der Waals surface area contributed by atoms with Gasteiger partial charge >= 0.3 is 0 Å². The van der Waals surface area contributed by atoms with E-state index >= 15 is 0 Å². The molecule has 0 saturated carbocycles. The second-order valence-corrected chi connectivity index (χ2v) is 1.95. The first-order valence-corrected chi connectivity index (χ1v) is 3.11. The summed E-state index contributed by atoms with van der Waals surface area (Å²) in [6.45, 7) is 0. The summed E-state index contributed by atoms with van der Waals surface area (Å²) < 4.78 is 17.5. The number of methoxy groups -OCH3 is 1. The third kappa shape index (κ3) is 1.47. The molecular weight excluding hydrogens is 131 g/mol. The minimum atomic E-state index is -0.285. The van der Waals surface area contributed by atoms with Gasteiger partial charge in [-0.05, 0) is 18.6 Å². The van der Waals surface area contributed by atoms with Crippen LogP contribution in [0.5, 0.6) is 0 Å². The average molecular weight is 140 g/mol. The van der Waals surface area contributed by atoms with Crippen molar-refractivity contribution in [2.24, 2.45) is 0 Å². The molecule has 0 N–H and O–H groups in total. The van der Waals surface area contributed by atoms with Gasteiger partial charge in [-0.2, -0.15) is 0 Å². The van der Waals surface area contributed by atoms with E-state index in [9.17, 15) is 4.39 Å². The zero-order valence-corrected chi connectivity index (χ0v) is 5.80. The Labute approximate surface area is 59.5 Å². The van der Waals surface area contributed by atoms with Crippen molar-refractivity contribution in [3.63, 3.8) is 0 Å². The van der Waals surface area contributed by atoms with Gasteiger partial charge in [0.15, 0.2) is 11.6 Å². The van der Waals surface area contributed by atoms with Crippen LogP contribution in [0.4, 0.5) is 4.39 Å². The van der Waals surface area contributed by atoms with Gasteiger partial charge in [0.25, 0.3) is 0 Å². The summed E-state index contributed by atoms with van der Waals surface area (Å²) in [7, 11) is 1.46. The molecule has 1 rings (SSSR count). The number of allylic oxidation sites excluding steroid dienone is 5. The lowest BCUT2D eigenvalue weighted by Gasteiger charge is -1.99. The lowest BCUT2D eigenvalue weighted by Crippen LogP contribution is -1.85. The molecule has 10 heavy (non-hydrogen) atoms. The van der Waals surface area contributed by atoms with Crippen molar-refractivity contribution in [3.8, 4) is 0 Å².